The van der Waals surface area contributed by atoms with Crippen LogP contribution in [0.3, 0.4) is 0 Å². The van der Waals surface area contributed by atoms with Gasteiger partial charge >= 0.3 is 12.1 Å². The number of carbonyl (C=O) groups is 2. The first-order valence-electron chi connectivity index (χ1n) is 9.93. The van der Waals surface area contributed by atoms with Crippen LogP contribution in [-0.4, -0.2) is 69.3 Å². The summed E-state index contributed by atoms with van der Waals surface area (Å²) in [6, 6.07) is 3.66. The molecule has 1 aromatic rings. The minimum Gasteiger partial charge on any atom is -0.475 e. The van der Waals surface area contributed by atoms with Gasteiger partial charge in [0.05, 0.1) is 16.4 Å². The second-order valence-electron chi connectivity index (χ2n) is 8.01. The van der Waals surface area contributed by atoms with Crippen LogP contribution >= 0.6 is 11.8 Å². The molecule has 0 radical (unpaired) electrons. The van der Waals surface area contributed by atoms with Gasteiger partial charge in [0.1, 0.15) is 0 Å². The zero-order valence-electron chi connectivity index (χ0n) is 16.4. The van der Waals surface area contributed by atoms with Crippen LogP contribution in [-0.2, 0) is 9.53 Å². The van der Waals surface area contributed by atoms with E-state index in [-0.39, 0.29) is 10.7 Å². The van der Waals surface area contributed by atoms with Crippen molar-refractivity contribution in [2.45, 2.75) is 49.1 Å². The third-order valence-corrected chi connectivity index (χ3v) is 7.19. The first-order chi connectivity index (χ1) is 14.2. The predicted molar refractivity (Wildman–Crippen MR) is 105 cm³/mol. The summed E-state index contributed by atoms with van der Waals surface area (Å²) in [6.07, 6.45) is 5.20. The number of aliphatic carboxylic acids is 1. The quantitative estimate of drug-likeness (QED) is 0.761. The van der Waals surface area contributed by atoms with E-state index in [1.807, 2.05) is 28.8 Å². The number of thioether (sulfide) groups is 1. The van der Waals surface area contributed by atoms with E-state index in [0.717, 1.165) is 37.8 Å². The molecule has 166 valence electrons. The van der Waals surface area contributed by atoms with Crippen LogP contribution in [0.5, 0.6) is 0 Å². The molecule has 1 spiro atoms. The van der Waals surface area contributed by atoms with Crippen molar-refractivity contribution in [1.82, 2.24) is 9.88 Å². The first-order valence-corrected chi connectivity index (χ1v) is 10.9. The van der Waals surface area contributed by atoms with Gasteiger partial charge in [0.2, 0.25) is 0 Å². The molecule has 6 nitrogen and oxygen atoms in total. The minimum absolute atomic E-state index is 0.111. The van der Waals surface area contributed by atoms with Gasteiger partial charge in [0, 0.05) is 37.8 Å². The number of pyridine rings is 1. The number of hydrogen-bond acceptors (Lipinski definition) is 5. The van der Waals surface area contributed by atoms with Gasteiger partial charge in [0.25, 0.3) is 5.91 Å². The molecule has 2 saturated heterocycles. The van der Waals surface area contributed by atoms with Crippen LogP contribution in [0.1, 0.15) is 42.5 Å². The molecule has 3 heterocycles. The summed E-state index contributed by atoms with van der Waals surface area (Å²) in [5.41, 5.74) is 0.694. The molecule has 0 bridgehead atoms. The predicted octanol–water partition coefficient (Wildman–Crippen LogP) is 3.62. The van der Waals surface area contributed by atoms with Crippen LogP contribution in [0.4, 0.5) is 13.2 Å². The molecule has 3 fully saturated rings. The van der Waals surface area contributed by atoms with Crippen LogP contribution in [0, 0.1) is 5.92 Å². The lowest BCUT2D eigenvalue weighted by atomic mass is 9.92. The van der Waals surface area contributed by atoms with Crippen molar-refractivity contribution in [2.24, 2.45) is 5.92 Å². The first kappa shape index (κ1) is 22.9. The molecular weight excluding hydrogens is 421 g/mol. The van der Waals surface area contributed by atoms with E-state index in [1.54, 1.807) is 12.4 Å². The Balaban J connectivity index is 0.000000318. The monoisotopic (exact) mass is 446 g/mol. The van der Waals surface area contributed by atoms with Gasteiger partial charge in [-0.05, 0) is 37.3 Å². The number of likely N-dealkylation sites (tertiary alicyclic amines) is 1. The molecule has 1 amide bonds. The molecule has 1 aromatic heterocycles. The van der Waals surface area contributed by atoms with E-state index >= 15 is 0 Å². The number of halogens is 3. The van der Waals surface area contributed by atoms with Crippen molar-refractivity contribution in [2.75, 3.05) is 25.4 Å². The minimum atomic E-state index is -5.08. The molecule has 2 aliphatic heterocycles. The maximum Gasteiger partial charge on any atom is 0.490 e. The normalized spacial score (nSPS) is 23.0. The fourth-order valence-electron chi connectivity index (χ4n) is 4.04. The van der Waals surface area contributed by atoms with Crippen LogP contribution in [0.25, 0.3) is 0 Å². The van der Waals surface area contributed by atoms with Crippen LogP contribution in [0.2, 0.25) is 0 Å². The Labute approximate surface area is 177 Å². The van der Waals surface area contributed by atoms with Crippen molar-refractivity contribution in [3.8, 4) is 0 Å². The molecular formula is C20H25F3N2O4S. The van der Waals surface area contributed by atoms with Gasteiger partial charge in [-0.15, -0.1) is 11.8 Å². The third-order valence-electron chi connectivity index (χ3n) is 5.61. The van der Waals surface area contributed by atoms with Crippen LogP contribution < -0.4 is 0 Å². The largest absolute Gasteiger partial charge is 0.490 e. The molecule has 1 saturated carbocycles. The van der Waals surface area contributed by atoms with E-state index in [2.05, 4.69) is 4.98 Å². The van der Waals surface area contributed by atoms with E-state index in [4.69, 9.17) is 14.6 Å². The Bertz CT molecular complexity index is 735. The van der Waals surface area contributed by atoms with Gasteiger partial charge in [0.15, 0.2) is 0 Å². The number of rotatable bonds is 4. The van der Waals surface area contributed by atoms with Gasteiger partial charge in [-0.25, -0.2) is 4.79 Å². The summed E-state index contributed by atoms with van der Waals surface area (Å²) in [5.74, 6) is -0.768. The van der Waals surface area contributed by atoms with Crippen LogP contribution in [0.15, 0.2) is 24.5 Å². The van der Waals surface area contributed by atoms with Gasteiger partial charge in [-0.3, -0.25) is 9.78 Å². The lowest BCUT2D eigenvalue weighted by Gasteiger charge is -2.47. The Morgan fingerprint density at radius 3 is 2.53 bits per heavy atom. The highest BCUT2D eigenvalue weighted by molar-refractivity contribution is 8.01. The van der Waals surface area contributed by atoms with Crippen molar-refractivity contribution >= 4 is 23.6 Å². The maximum atomic E-state index is 12.4. The number of carbonyl (C=O) groups excluding carboxylic acids is 1. The zero-order valence-corrected chi connectivity index (χ0v) is 17.3. The summed E-state index contributed by atoms with van der Waals surface area (Å²) >= 11 is 2.00. The molecule has 3 aliphatic rings. The lowest BCUT2D eigenvalue weighted by Crippen LogP contribution is -2.60. The molecule has 30 heavy (non-hydrogen) atoms. The van der Waals surface area contributed by atoms with E-state index in [0.29, 0.717) is 11.7 Å². The Hall–Kier alpha value is -1.81. The summed E-state index contributed by atoms with van der Waals surface area (Å²) in [5, 5.41) is 7.12. The average Bonchev–Trinajstić information content (AvgIpc) is 3.35. The molecule has 1 N–H and O–H groups in total. The molecule has 1 aliphatic carbocycles. The molecule has 1 atom stereocenters. The number of carboxylic acid groups (broad SMARTS) is 1. The summed E-state index contributed by atoms with van der Waals surface area (Å²) in [6.45, 7) is 2.66. The van der Waals surface area contributed by atoms with Crippen molar-refractivity contribution < 1.29 is 32.6 Å². The highest BCUT2D eigenvalue weighted by Gasteiger charge is 2.51. The molecule has 1 unspecified atom stereocenters. The van der Waals surface area contributed by atoms with E-state index in [9.17, 15) is 18.0 Å². The number of nitrogens with zero attached hydrogens (tertiary/aromatic N) is 2. The number of carboxylic acids is 1. The van der Waals surface area contributed by atoms with Gasteiger partial charge in [-0.1, -0.05) is 12.8 Å². The Morgan fingerprint density at radius 1 is 1.30 bits per heavy atom. The van der Waals surface area contributed by atoms with E-state index in [1.165, 1.54) is 25.7 Å². The summed E-state index contributed by atoms with van der Waals surface area (Å²) < 4.78 is 38.1. The van der Waals surface area contributed by atoms with Crippen molar-refractivity contribution in [3.63, 3.8) is 0 Å². The summed E-state index contributed by atoms with van der Waals surface area (Å²) in [4.78, 5) is 27.3. The van der Waals surface area contributed by atoms with Crippen molar-refractivity contribution in [1.29, 1.82) is 0 Å². The smallest absolute Gasteiger partial charge is 0.475 e. The number of ether oxygens (including phenoxy) is 1. The lowest BCUT2D eigenvalue weighted by molar-refractivity contribution is -0.192. The Kier molecular flexibility index (Phi) is 7.28. The van der Waals surface area contributed by atoms with Gasteiger partial charge in [-0.2, -0.15) is 13.2 Å². The highest BCUT2D eigenvalue weighted by Crippen LogP contribution is 2.46. The van der Waals surface area contributed by atoms with Gasteiger partial charge < -0.3 is 14.7 Å². The van der Waals surface area contributed by atoms with Crippen molar-refractivity contribution in [3.05, 3.63) is 30.1 Å². The number of amides is 1. The second kappa shape index (κ2) is 9.55. The maximum absolute atomic E-state index is 12.4. The summed E-state index contributed by atoms with van der Waals surface area (Å²) in [7, 11) is 0. The topological polar surface area (TPSA) is 79.7 Å². The Morgan fingerprint density at radius 2 is 1.97 bits per heavy atom. The second-order valence-corrected chi connectivity index (χ2v) is 9.50. The highest BCUT2D eigenvalue weighted by atomic mass is 32.2. The third kappa shape index (κ3) is 5.87. The number of aromatic nitrogens is 1. The molecule has 4 rings (SSSR count). The SMILES string of the molecule is O=C(O)C(F)(F)F.O=C(c1cccnc1)N1CC2(CC(OCC3CCCC3)CS2)C1. The number of hydrogen-bond donors (Lipinski definition) is 1. The zero-order chi connectivity index (χ0) is 21.8. The van der Waals surface area contributed by atoms with E-state index < -0.39 is 12.1 Å². The standard InChI is InChI=1S/C18H24N2O2S.C2HF3O2/c21-17(15-6-3-7-19-9-15)20-12-18(13-20)8-16(11-23-18)22-10-14-4-1-2-5-14;3-2(4,5)1(6)7/h3,6-7,9,14,16H,1-2,4-5,8,10-13H2;(H,6,7). The molecule has 10 heteroatoms. The molecule has 0 aromatic carbocycles. The fraction of sp³-hybridized carbons (Fsp3) is 0.650. The fourth-order valence-corrected chi connectivity index (χ4v) is 5.60. The average molecular weight is 446 g/mol. The number of alkyl halides is 3.